The van der Waals surface area contributed by atoms with Crippen molar-refractivity contribution in [2.45, 2.75) is 19.8 Å². The first-order valence-electron chi connectivity index (χ1n) is 6.82. The number of benzene rings is 2. The summed E-state index contributed by atoms with van der Waals surface area (Å²) in [4.78, 5) is 0. The van der Waals surface area contributed by atoms with Crippen LogP contribution in [0.2, 0.25) is 5.02 Å². The van der Waals surface area contributed by atoms with E-state index >= 15 is 0 Å². The predicted molar refractivity (Wildman–Crippen MR) is 91.7 cm³/mol. The van der Waals surface area contributed by atoms with Gasteiger partial charge in [0.05, 0.1) is 5.02 Å². The number of halogens is 2. The molecule has 2 rings (SSSR count). The number of nitrogens with one attached hydrogen (secondary N) is 1. The molecule has 2 aromatic carbocycles. The highest BCUT2D eigenvalue weighted by molar-refractivity contribution is 9.10. The molecule has 0 amide bonds. The molecule has 0 aromatic heterocycles. The minimum atomic E-state index is 0.485. The fraction of sp³-hybridized carbons (Fsp3) is 0.294. The summed E-state index contributed by atoms with van der Waals surface area (Å²) in [6, 6.07) is 16.6. The van der Waals surface area contributed by atoms with Gasteiger partial charge in [0.25, 0.3) is 0 Å². The van der Waals surface area contributed by atoms with E-state index in [2.05, 4.69) is 65.4 Å². The largest absolute Gasteiger partial charge is 0.384 e. The van der Waals surface area contributed by atoms with Crippen molar-refractivity contribution in [3.05, 3.63) is 63.6 Å². The lowest BCUT2D eigenvalue weighted by Gasteiger charge is -2.22. The molecule has 1 atom stereocenters. The van der Waals surface area contributed by atoms with Crippen molar-refractivity contribution < 1.29 is 0 Å². The molecule has 106 valence electrons. The Morgan fingerprint density at radius 3 is 2.40 bits per heavy atom. The van der Waals surface area contributed by atoms with Crippen molar-refractivity contribution in [2.75, 3.05) is 11.9 Å². The Bertz CT molecular complexity index is 554. The molecule has 0 fully saturated rings. The summed E-state index contributed by atoms with van der Waals surface area (Å²) >= 11 is 9.53. The number of hydrogen-bond donors (Lipinski definition) is 1. The average molecular weight is 353 g/mol. The highest BCUT2D eigenvalue weighted by Gasteiger charge is 2.15. The molecular weight excluding hydrogens is 334 g/mol. The monoisotopic (exact) mass is 351 g/mol. The molecule has 0 heterocycles. The zero-order valence-electron chi connectivity index (χ0n) is 11.7. The van der Waals surface area contributed by atoms with Crippen LogP contribution >= 0.6 is 27.5 Å². The maximum Gasteiger partial charge on any atom is 0.0568 e. The Labute approximate surface area is 134 Å². The number of hydrogen-bond acceptors (Lipinski definition) is 1. The Hall–Kier alpha value is -0.990. The molecule has 1 nitrogen and oxygen atoms in total. The van der Waals surface area contributed by atoms with Crippen LogP contribution < -0.4 is 5.32 Å². The van der Waals surface area contributed by atoms with Crippen LogP contribution in [-0.2, 0) is 0 Å². The van der Waals surface area contributed by atoms with Gasteiger partial charge in [0.15, 0.2) is 0 Å². The fourth-order valence-electron chi connectivity index (χ4n) is 2.27. The lowest BCUT2D eigenvalue weighted by Crippen LogP contribution is -2.17. The molecule has 3 heteroatoms. The van der Waals surface area contributed by atoms with Crippen molar-refractivity contribution >= 4 is 33.2 Å². The standard InChI is InChI=1S/C17H19BrClN/c1-12(2)15(13-6-4-3-5-7-13)11-20-14-8-9-16(18)17(19)10-14/h3-10,12,15,20H,11H2,1-2H3. The Morgan fingerprint density at radius 1 is 1.10 bits per heavy atom. The Morgan fingerprint density at radius 2 is 1.80 bits per heavy atom. The average Bonchev–Trinajstić information content (AvgIpc) is 2.44. The minimum absolute atomic E-state index is 0.485. The van der Waals surface area contributed by atoms with E-state index in [1.807, 2.05) is 18.2 Å². The van der Waals surface area contributed by atoms with Gasteiger partial charge >= 0.3 is 0 Å². The van der Waals surface area contributed by atoms with Crippen molar-refractivity contribution in [3.8, 4) is 0 Å². The lowest BCUT2D eigenvalue weighted by atomic mass is 9.88. The first kappa shape index (κ1) is 15.4. The summed E-state index contributed by atoms with van der Waals surface area (Å²) < 4.78 is 0.924. The van der Waals surface area contributed by atoms with E-state index in [0.29, 0.717) is 11.8 Å². The fourth-order valence-corrected chi connectivity index (χ4v) is 2.70. The van der Waals surface area contributed by atoms with E-state index in [4.69, 9.17) is 11.6 Å². The first-order chi connectivity index (χ1) is 9.58. The van der Waals surface area contributed by atoms with Gasteiger partial charge in [-0.2, -0.15) is 0 Å². The Balaban J connectivity index is 2.08. The Kier molecular flexibility index (Phi) is 5.50. The predicted octanol–water partition coefficient (Wildman–Crippen LogP) is 5.95. The summed E-state index contributed by atoms with van der Waals surface area (Å²) in [6.45, 7) is 5.42. The molecule has 0 saturated heterocycles. The summed E-state index contributed by atoms with van der Waals surface area (Å²) in [5.74, 6) is 1.06. The smallest absolute Gasteiger partial charge is 0.0568 e. The van der Waals surface area contributed by atoms with Crippen molar-refractivity contribution in [3.63, 3.8) is 0 Å². The van der Waals surface area contributed by atoms with Gasteiger partial charge in [0, 0.05) is 22.6 Å². The van der Waals surface area contributed by atoms with E-state index in [-0.39, 0.29) is 0 Å². The van der Waals surface area contributed by atoms with Crippen LogP contribution in [0.1, 0.15) is 25.3 Å². The van der Waals surface area contributed by atoms with Gasteiger partial charge in [-0.1, -0.05) is 55.8 Å². The van der Waals surface area contributed by atoms with E-state index in [9.17, 15) is 0 Å². The van der Waals surface area contributed by atoms with Crippen LogP contribution in [0.3, 0.4) is 0 Å². The number of anilines is 1. The second-order valence-corrected chi connectivity index (χ2v) is 6.53. The molecular formula is C17H19BrClN. The normalized spacial score (nSPS) is 12.4. The molecule has 0 aliphatic heterocycles. The highest BCUT2D eigenvalue weighted by Crippen LogP contribution is 2.28. The van der Waals surface area contributed by atoms with Gasteiger partial charge in [-0.3, -0.25) is 0 Å². The molecule has 0 saturated carbocycles. The molecule has 0 aliphatic rings. The second kappa shape index (κ2) is 7.14. The summed E-state index contributed by atoms with van der Waals surface area (Å²) in [5.41, 5.74) is 2.43. The summed E-state index contributed by atoms with van der Waals surface area (Å²) in [6.07, 6.45) is 0. The molecule has 20 heavy (non-hydrogen) atoms. The van der Waals surface area contributed by atoms with Crippen molar-refractivity contribution in [1.82, 2.24) is 0 Å². The number of rotatable bonds is 5. The molecule has 0 radical (unpaired) electrons. The minimum Gasteiger partial charge on any atom is -0.384 e. The van der Waals surface area contributed by atoms with Crippen LogP contribution in [-0.4, -0.2) is 6.54 Å². The molecule has 1 unspecified atom stereocenters. The first-order valence-corrected chi connectivity index (χ1v) is 7.99. The topological polar surface area (TPSA) is 12.0 Å². The zero-order chi connectivity index (χ0) is 14.5. The molecule has 0 bridgehead atoms. The third-order valence-corrected chi connectivity index (χ3v) is 4.71. The van der Waals surface area contributed by atoms with Gasteiger partial charge in [0.1, 0.15) is 0 Å². The molecule has 2 aromatic rings. The van der Waals surface area contributed by atoms with Crippen LogP contribution in [0.4, 0.5) is 5.69 Å². The summed E-state index contributed by atoms with van der Waals surface area (Å²) in [5, 5.41) is 4.22. The van der Waals surface area contributed by atoms with Crippen LogP contribution in [0.5, 0.6) is 0 Å². The van der Waals surface area contributed by atoms with Gasteiger partial charge in [-0.25, -0.2) is 0 Å². The summed E-state index contributed by atoms with van der Waals surface area (Å²) in [7, 11) is 0. The molecule has 1 N–H and O–H groups in total. The van der Waals surface area contributed by atoms with E-state index < -0.39 is 0 Å². The third-order valence-electron chi connectivity index (χ3n) is 3.48. The highest BCUT2D eigenvalue weighted by atomic mass is 79.9. The molecule has 0 aliphatic carbocycles. The van der Waals surface area contributed by atoms with E-state index in [1.54, 1.807) is 0 Å². The maximum absolute atomic E-state index is 6.12. The van der Waals surface area contributed by atoms with Crippen LogP contribution in [0.25, 0.3) is 0 Å². The van der Waals surface area contributed by atoms with Gasteiger partial charge < -0.3 is 5.32 Å². The van der Waals surface area contributed by atoms with Gasteiger partial charge in [-0.15, -0.1) is 0 Å². The van der Waals surface area contributed by atoms with Crippen molar-refractivity contribution in [1.29, 1.82) is 0 Å². The second-order valence-electron chi connectivity index (χ2n) is 5.27. The van der Waals surface area contributed by atoms with Gasteiger partial charge in [-0.05, 0) is 45.6 Å². The zero-order valence-corrected chi connectivity index (χ0v) is 14.1. The van der Waals surface area contributed by atoms with Crippen LogP contribution in [0.15, 0.2) is 53.0 Å². The van der Waals surface area contributed by atoms with E-state index in [1.165, 1.54) is 5.56 Å². The quantitative estimate of drug-likeness (QED) is 0.700. The SMILES string of the molecule is CC(C)C(CNc1ccc(Br)c(Cl)c1)c1ccccc1. The van der Waals surface area contributed by atoms with Crippen molar-refractivity contribution in [2.24, 2.45) is 5.92 Å². The lowest BCUT2D eigenvalue weighted by molar-refractivity contribution is 0.517. The third kappa shape index (κ3) is 4.00. The van der Waals surface area contributed by atoms with Gasteiger partial charge in [0.2, 0.25) is 0 Å². The maximum atomic E-state index is 6.12. The molecule has 0 spiro atoms. The van der Waals surface area contributed by atoms with E-state index in [0.717, 1.165) is 21.7 Å². The van der Waals surface area contributed by atoms with Crippen LogP contribution in [0, 0.1) is 5.92 Å².